The number of nitrogens with one attached hydrogen (secondary N) is 2. The Morgan fingerprint density at radius 2 is 2.40 bits per heavy atom. The standard InChI is InChI=1S/C11H13N5O3S/c17-8(12-5-7-1-2-7)6-13-9-10(16(18)19)15-3-4-20-11(15)14-9/h3-4,7,13H,1-2,5-6H2,(H,12,17). The van der Waals surface area contributed by atoms with Crippen molar-refractivity contribution in [3.05, 3.63) is 21.7 Å². The third-order valence-corrected chi connectivity index (χ3v) is 3.87. The monoisotopic (exact) mass is 295 g/mol. The summed E-state index contributed by atoms with van der Waals surface area (Å²) in [6, 6.07) is 0. The number of carbonyl (C=O) groups is 1. The highest BCUT2D eigenvalue weighted by atomic mass is 32.1. The third-order valence-electron chi connectivity index (χ3n) is 3.11. The number of thiazole rings is 1. The van der Waals surface area contributed by atoms with Crippen molar-refractivity contribution in [3.8, 4) is 0 Å². The molecule has 1 amide bonds. The number of imidazole rings is 1. The minimum absolute atomic E-state index is 0.0155. The molecule has 0 atom stereocenters. The van der Waals surface area contributed by atoms with Gasteiger partial charge in [-0.25, -0.2) is 0 Å². The summed E-state index contributed by atoms with van der Waals surface area (Å²) in [6.45, 7) is 0.666. The molecule has 8 nitrogen and oxygen atoms in total. The first-order chi connectivity index (χ1) is 9.65. The normalized spacial score (nSPS) is 14.4. The van der Waals surface area contributed by atoms with Gasteiger partial charge in [0.2, 0.25) is 11.7 Å². The van der Waals surface area contributed by atoms with Gasteiger partial charge in [-0.15, -0.1) is 0 Å². The average Bonchev–Trinajstić information content (AvgIpc) is 3.01. The fourth-order valence-electron chi connectivity index (χ4n) is 1.87. The summed E-state index contributed by atoms with van der Waals surface area (Å²) in [4.78, 5) is 26.8. The van der Waals surface area contributed by atoms with Crippen molar-refractivity contribution < 1.29 is 9.72 Å². The van der Waals surface area contributed by atoms with Crippen LogP contribution in [0.2, 0.25) is 0 Å². The van der Waals surface area contributed by atoms with Gasteiger partial charge in [-0.05, 0) is 23.7 Å². The van der Waals surface area contributed by atoms with E-state index in [1.54, 1.807) is 11.6 Å². The molecule has 0 aromatic carbocycles. The van der Waals surface area contributed by atoms with E-state index in [1.165, 1.54) is 15.7 Å². The highest BCUT2D eigenvalue weighted by molar-refractivity contribution is 7.15. The summed E-state index contributed by atoms with van der Waals surface area (Å²) >= 11 is 1.30. The van der Waals surface area contributed by atoms with Gasteiger partial charge in [-0.1, -0.05) is 11.3 Å². The molecule has 106 valence electrons. The largest absolute Gasteiger partial charge is 0.372 e. The smallest absolute Gasteiger partial charge is 0.358 e. The van der Waals surface area contributed by atoms with E-state index in [0.29, 0.717) is 17.4 Å². The summed E-state index contributed by atoms with van der Waals surface area (Å²) in [6.07, 6.45) is 3.91. The van der Waals surface area contributed by atoms with E-state index in [0.717, 1.165) is 12.8 Å². The van der Waals surface area contributed by atoms with Gasteiger partial charge in [0.1, 0.15) is 6.20 Å². The topological polar surface area (TPSA) is 102 Å². The van der Waals surface area contributed by atoms with Crippen molar-refractivity contribution in [2.45, 2.75) is 12.8 Å². The second kappa shape index (κ2) is 5.08. The van der Waals surface area contributed by atoms with E-state index in [-0.39, 0.29) is 24.1 Å². The molecule has 0 spiro atoms. The van der Waals surface area contributed by atoms with Crippen LogP contribution >= 0.6 is 11.3 Å². The van der Waals surface area contributed by atoms with Crippen LogP contribution in [0.25, 0.3) is 4.96 Å². The van der Waals surface area contributed by atoms with Gasteiger partial charge in [0.25, 0.3) is 4.96 Å². The van der Waals surface area contributed by atoms with Crippen LogP contribution in [-0.4, -0.2) is 33.3 Å². The molecule has 2 N–H and O–H groups in total. The Labute approximate surface area is 118 Å². The predicted molar refractivity (Wildman–Crippen MR) is 73.9 cm³/mol. The minimum atomic E-state index is -0.503. The van der Waals surface area contributed by atoms with Crippen molar-refractivity contribution in [3.63, 3.8) is 0 Å². The van der Waals surface area contributed by atoms with Crippen LogP contribution in [0.4, 0.5) is 11.6 Å². The number of hydrogen-bond donors (Lipinski definition) is 2. The van der Waals surface area contributed by atoms with Crippen molar-refractivity contribution >= 4 is 33.8 Å². The molecule has 1 aliphatic carbocycles. The molecule has 1 fully saturated rings. The van der Waals surface area contributed by atoms with Crippen LogP contribution in [0.1, 0.15) is 12.8 Å². The molecular formula is C11H13N5O3S. The SMILES string of the molecule is O=C(CNc1nc2sccn2c1[N+](=O)[O-])NCC1CC1. The predicted octanol–water partition coefficient (Wildman–Crippen LogP) is 1.24. The molecule has 0 bridgehead atoms. The summed E-state index contributed by atoms with van der Waals surface area (Å²) in [7, 11) is 0. The van der Waals surface area contributed by atoms with E-state index in [1.807, 2.05) is 0 Å². The van der Waals surface area contributed by atoms with Crippen LogP contribution in [0.5, 0.6) is 0 Å². The summed E-state index contributed by atoms with van der Waals surface area (Å²) in [5.74, 6) is 0.411. The van der Waals surface area contributed by atoms with E-state index in [2.05, 4.69) is 15.6 Å². The first-order valence-electron chi connectivity index (χ1n) is 6.25. The number of nitrogens with zero attached hydrogens (tertiary/aromatic N) is 3. The quantitative estimate of drug-likeness (QED) is 0.616. The molecule has 2 aromatic rings. The Morgan fingerprint density at radius 1 is 1.60 bits per heavy atom. The molecular weight excluding hydrogens is 282 g/mol. The fourth-order valence-corrected chi connectivity index (χ4v) is 2.58. The molecule has 2 aromatic heterocycles. The first kappa shape index (κ1) is 12.9. The number of rotatable bonds is 6. The molecule has 0 saturated heterocycles. The second-order valence-electron chi connectivity index (χ2n) is 4.70. The van der Waals surface area contributed by atoms with Crippen molar-refractivity contribution in [2.24, 2.45) is 5.92 Å². The van der Waals surface area contributed by atoms with Gasteiger partial charge in [0.05, 0.1) is 6.54 Å². The lowest BCUT2D eigenvalue weighted by atomic mass is 10.4. The second-order valence-corrected chi connectivity index (χ2v) is 5.57. The maximum absolute atomic E-state index is 11.6. The lowest BCUT2D eigenvalue weighted by Crippen LogP contribution is -2.31. The number of aromatic nitrogens is 2. The van der Waals surface area contributed by atoms with E-state index < -0.39 is 4.92 Å². The lowest BCUT2D eigenvalue weighted by molar-refractivity contribution is -0.389. The van der Waals surface area contributed by atoms with Gasteiger partial charge in [0, 0.05) is 11.9 Å². The highest BCUT2D eigenvalue weighted by Gasteiger charge is 2.24. The number of anilines is 1. The molecule has 1 saturated carbocycles. The summed E-state index contributed by atoms with van der Waals surface area (Å²) in [5.41, 5.74) is 0. The zero-order valence-corrected chi connectivity index (χ0v) is 11.4. The zero-order chi connectivity index (χ0) is 14.1. The van der Waals surface area contributed by atoms with Crippen molar-refractivity contribution in [2.75, 3.05) is 18.4 Å². The zero-order valence-electron chi connectivity index (χ0n) is 10.5. The van der Waals surface area contributed by atoms with Gasteiger partial charge >= 0.3 is 5.82 Å². The number of hydrogen-bond acceptors (Lipinski definition) is 6. The van der Waals surface area contributed by atoms with Gasteiger partial charge in [0.15, 0.2) is 0 Å². The van der Waals surface area contributed by atoms with Crippen LogP contribution < -0.4 is 10.6 Å². The Balaban J connectivity index is 1.66. The lowest BCUT2D eigenvalue weighted by Gasteiger charge is -2.05. The maximum atomic E-state index is 11.6. The number of amides is 1. The van der Waals surface area contributed by atoms with Gasteiger partial charge in [-0.2, -0.15) is 9.38 Å². The molecule has 20 heavy (non-hydrogen) atoms. The Morgan fingerprint density at radius 3 is 3.10 bits per heavy atom. The minimum Gasteiger partial charge on any atom is -0.358 e. The summed E-state index contributed by atoms with van der Waals surface area (Å²) < 4.78 is 1.40. The van der Waals surface area contributed by atoms with Gasteiger partial charge < -0.3 is 20.7 Å². The molecule has 0 radical (unpaired) electrons. The van der Waals surface area contributed by atoms with Crippen LogP contribution in [0.15, 0.2) is 11.6 Å². The molecule has 0 unspecified atom stereocenters. The fraction of sp³-hybridized carbons (Fsp3) is 0.455. The number of carbonyl (C=O) groups excluding carboxylic acids is 1. The van der Waals surface area contributed by atoms with E-state index in [9.17, 15) is 14.9 Å². The van der Waals surface area contributed by atoms with Gasteiger partial charge in [-0.3, -0.25) is 4.79 Å². The van der Waals surface area contributed by atoms with Crippen LogP contribution in [0.3, 0.4) is 0 Å². The summed E-state index contributed by atoms with van der Waals surface area (Å²) in [5, 5.41) is 18.3. The Bertz CT molecular complexity index is 660. The van der Waals surface area contributed by atoms with E-state index >= 15 is 0 Å². The number of nitro groups is 1. The third kappa shape index (κ3) is 2.57. The molecule has 9 heteroatoms. The van der Waals surface area contributed by atoms with Crippen LogP contribution in [0, 0.1) is 16.0 Å². The maximum Gasteiger partial charge on any atom is 0.372 e. The molecule has 1 aliphatic rings. The van der Waals surface area contributed by atoms with Crippen molar-refractivity contribution in [1.29, 1.82) is 0 Å². The number of fused-ring (bicyclic) bond motifs is 1. The molecule has 0 aliphatic heterocycles. The molecule has 3 rings (SSSR count). The van der Waals surface area contributed by atoms with E-state index in [4.69, 9.17) is 0 Å². The Hall–Kier alpha value is -2.16. The highest BCUT2D eigenvalue weighted by Crippen LogP contribution is 2.28. The Kier molecular flexibility index (Phi) is 3.26. The first-order valence-corrected chi connectivity index (χ1v) is 7.13. The van der Waals surface area contributed by atoms with Crippen LogP contribution in [-0.2, 0) is 4.79 Å². The molecule has 2 heterocycles. The average molecular weight is 295 g/mol. The van der Waals surface area contributed by atoms with Crippen molar-refractivity contribution in [1.82, 2.24) is 14.7 Å².